The summed E-state index contributed by atoms with van der Waals surface area (Å²) >= 11 is 13.0. The Morgan fingerprint density at radius 3 is 2.41 bits per heavy atom. The van der Waals surface area contributed by atoms with E-state index in [4.69, 9.17) is 32.7 Å². The van der Waals surface area contributed by atoms with Crippen LogP contribution in [0.3, 0.4) is 0 Å². The Balaban J connectivity index is 1.61. The van der Waals surface area contributed by atoms with Crippen LogP contribution in [0.2, 0.25) is 10.0 Å². The molecule has 0 unspecified atom stereocenters. The molecule has 0 radical (unpaired) electrons. The van der Waals surface area contributed by atoms with E-state index in [0.717, 1.165) is 28.2 Å². The minimum Gasteiger partial charge on any atom is -0.493 e. The number of Topliss-reactive ketones (excluding diaryl/α,β-unsaturated/α-hetero) is 1. The van der Waals surface area contributed by atoms with Gasteiger partial charge in [0.1, 0.15) is 0 Å². The van der Waals surface area contributed by atoms with Crippen molar-refractivity contribution in [3.8, 4) is 11.5 Å². The highest BCUT2D eigenvalue weighted by Crippen LogP contribution is 2.46. The lowest BCUT2D eigenvalue weighted by molar-refractivity contribution is -0.116. The molecule has 34 heavy (non-hydrogen) atoms. The van der Waals surface area contributed by atoms with Gasteiger partial charge >= 0.3 is 0 Å². The average molecular weight is 495 g/mol. The predicted octanol–water partition coefficient (Wildman–Crippen LogP) is 6.99. The van der Waals surface area contributed by atoms with Crippen molar-refractivity contribution < 1.29 is 14.3 Å². The van der Waals surface area contributed by atoms with E-state index in [2.05, 4.69) is 10.6 Å². The number of ether oxygens (including phenoxy) is 2. The first kappa shape index (κ1) is 22.6. The van der Waals surface area contributed by atoms with Gasteiger partial charge in [0, 0.05) is 17.7 Å². The molecule has 1 heterocycles. The maximum Gasteiger partial charge on any atom is 0.163 e. The third-order valence-corrected chi connectivity index (χ3v) is 7.31. The van der Waals surface area contributed by atoms with Crippen molar-refractivity contribution in [2.24, 2.45) is 0 Å². The number of nitrogens with one attached hydrogen (secondary N) is 2. The number of allylic oxidation sites excluding steroid dienone is 1. The summed E-state index contributed by atoms with van der Waals surface area (Å²) in [5.74, 6) is 1.38. The molecular weight excluding hydrogens is 471 g/mol. The van der Waals surface area contributed by atoms with Gasteiger partial charge < -0.3 is 20.1 Å². The van der Waals surface area contributed by atoms with Crippen LogP contribution in [0.25, 0.3) is 0 Å². The molecule has 7 heteroatoms. The fourth-order valence-electron chi connectivity index (χ4n) is 4.81. The molecule has 2 atom stereocenters. The lowest BCUT2D eigenvalue weighted by atomic mass is 9.78. The first-order chi connectivity index (χ1) is 16.5. The van der Waals surface area contributed by atoms with Crippen LogP contribution in [-0.4, -0.2) is 20.0 Å². The van der Waals surface area contributed by atoms with Gasteiger partial charge in [-0.3, -0.25) is 4.79 Å². The Labute approximate surface area is 208 Å². The van der Waals surface area contributed by atoms with Crippen LogP contribution in [0.15, 0.2) is 71.9 Å². The van der Waals surface area contributed by atoms with E-state index >= 15 is 0 Å². The maximum absolute atomic E-state index is 13.7. The lowest BCUT2D eigenvalue weighted by Crippen LogP contribution is -2.27. The number of fused-ring (bicyclic) bond motifs is 1. The van der Waals surface area contributed by atoms with Crippen LogP contribution in [-0.2, 0) is 4.79 Å². The third-order valence-electron chi connectivity index (χ3n) is 6.48. The van der Waals surface area contributed by atoms with Gasteiger partial charge in [0.2, 0.25) is 0 Å². The van der Waals surface area contributed by atoms with Crippen molar-refractivity contribution in [2.45, 2.75) is 24.8 Å². The number of methoxy groups -OCH3 is 2. The number of hydrogen-bond donors (Lipinski definition) is 2. The van der Waals surface area contributed by atoms with Gasteiger partial charge in [-0.1, -0.05) is 53.5 Å². The van der Waals surface area contributed by atoms with Crippen LogP contribution >= 0.6 is 23.2 Å². The minimum atomic E-state index is -0.420. The van der Waals surface area contributed by atoms with Gasteiger partial charge in [-0.05, 0) is 53.8 Å². The predicted molar refractivity (Wildman–Crippen MR) is 136 cm³/mol. The number of ketones is 1. The topological polar surface area (TPSA) is 59.6 Å². The lowest BCUT2D eigenvalue weighted by Gasteiger charge is -2.30. The molecule has 3 aromatic carbocycles. The van der Waals surface area contributed by atoms with Crippen molar-refractivity contribution in [1.82, 2.24) is 0 Å². The van der Waals surface area contributed by atoms with Crippen LogP contribution in [0, 0.1) is 0 Å². The highest BCUT2D eigenvalue weighted by Gasteiger charge is 2.37. The van der Waals surface area contributed by atoms with Crippen molar-refractivity contribution in [3.63, 3.8) is 0 Å². The summed E-state index contributed by atoms with van der Waals surface area (Å²) in [6, 6.07) is 18.9. The molecule has 1 aliphatic heterocycles. The first-order valence-corrected chi connectivity index (χ1v) is 11.8. The molecule has 0 bridgehead atoms. The maximum atomic E-state index is 13.7. The van der Waals surface area contributed by atoms with Crippen molar-refractivity contribution in [1.29, 1.82) is 0 Å². The van der Waals surface area contributed by atoms with Crippen LogP contribution in [0.5, 0.6) is 11.5 Å². The molecule has 0 saturated heterocycles. The standard InChI is InChI=1S/C27H24Cl2N2O3/c1-33-23-11-10-15(14-24(23)34-2)16-12-21-25(22(32)13-16)27(17-6-5-7-18(28)26(17)29)31-20-9-4-3-8-19(20)30-21/h3-11,14,16,27,30-31H,12-13H2,1-2H3/t16-,27-/m0/s1. The van der Waals surface area contributed by atoms with Crippen molar-refractivity contribution >= 4 is 40.4 Å². The van der Waals surface area contributed by atoms with E-state index in [-0.39, 0.29) is 11.7 Å². The molecule has 3 aromatic rings. The molecule has 0 spiro atoms. The van der Waals surface area contributed by atoms with E-state index in [9.17, 15) is 4.79 Å². The van der Waals surface area contributed by atoms with E-state index in [1.54, 1.807) is 20.3 Å². The largest absolute Gasteiger partial charge is 0.493 e. The Hall–Kier alpha value is -3.15. The number of halogens is 2. The zero-order valence-corrected chi connectivity index (χ0v) is 20.3. The Kier molecular flexibility index (Phi) is 6.15. The molecule has 0 saturated carbocycles. The summed E-state index contributed by atoms with van der Waals surface area (Å²) in [7, 11) is 3.23. The zero-order chi connectivity index (χ0) is 23.8. The Bertz CT molecular complexity index is 1300. The number of benzene rings is 3. The highest BCUT2D eigenvalue weighted by molar-refractivity contribution is 6.42. The molecule has 2 aliphatic rings. The number of carbonyl (C=O) groups is 1. The highest BCUT2D eigenvalue weighted by atomic mass is 35.5. The van der Waals surface area contributed by atoms with Gasteiger partial charge in [0.05, 0.1) is 41.7 Å². The quantitative estimate of drug-likeness (QED) is 0.409. The van der Waals surface area contributed by atoms with Crippen LogP contribution in [0.1, 0.15) is 35.9 Å². The van der Waals surface area contributed by atoms with Gasteiger partial charge in [-0.15, -0.1) is 0 Å². The fourth-order valence-corrected chi connectivity index (χ4v) is 5.23. The van der Waals surface area contributed by atoms with Gasteiger partial charge in [0.15, 0.2) is 17.3 Å². The molecule has 174 valence electrons. The number of carbonyl (C=O) groups excluding carboxylic acids is 1. The van der Waals surface area contributed by atoms with E-state index in [1.165, 1.54) is 0 Å². The summed E-state index contributed by atoms with van der Waals surface area (Å²) in [4.78, 5) is 13.7. The summed E-state index contributed by atoms with van der Waals surface area (Å²) in [6.45, 7) is 0. The summed E-state index contributed by atoms with van der Waals surface area (Å²) < 4.78 is 10.9. The SMILES string of the molecule is COc1ccc([C@@H]2CC(=O)C3=C(C2)Nc2ccccc2N[C@H]3c2cccc(Cl)c2Cl)cc1OC. The third kappa shape index (κ3) is 3.99. The molecular formula is C27H24Cl2N2O3. The summed E-state index contributed by atoms with van der Waals surface area (Å²) in [6.07, 6.45) is 1.05. The van der Waals surface area contributed by atoms with E-state index in [1.807, 2.05) is 54.6 Å². The molecule has 5 nitrogen and oxygen atoms in total. The van der Waals surface area contributed by atoms with Crippen LogP contribution < -0.4 is 20.1 Å². The Morgan fingerprint density at radius 2 is 1.65 bits per heavy atom. The van der Waals surface area contributed by atoms with Crippen LogP contribution in [0.4, 0.5) is 11.4 Å². The monoisotopic (exact) mass is 494 g/mol. The molecule has 0 aromatic heterocycles. The zero-order valence-electron chi connectivity index (χ0n) is 18.8. The van der Waals surface area contributed by atoms with E-state index < -0.39 is 6.04 Å². The molecule has 0 amide bonds. The molecule has 1 aliphatic carbocycles. The molecule has 0 fully saturated rings. The van der Waals surface area contributed by atoms with E-state index in [0.29, 0.717) is 40.0 Å². The van der Waals surface area contributed by atoms with Gasteiger partial charge in [0.25, 0.3) is 0 Å². The first-order valence-electron chi connectivity index (χ1n) is 11.0. The normalized spacial score (nSPS) is 19.4. The minimum absolute atomic E-state index is 0.000647. The molecule has 2 N–H and O–H groups in total. The average Bonchev–Trinajstić information content (AvgIpc) is 3.02. The summed E-state index contributed by atoms with van der Waals surface area (Å²) in [5.41, 5.74) is 5.19. The smallest absolute Gasteiger partial charge is 0.163 e. The second kappa shape index (κ2) is 9.24. The molecule has 5 rings (SSSR count). The van der Waals surface area contributed by atoms with Crippen molar-refractivity contribution in [2.75, 3.05) is 24.9 Å². The Morgan fingerprint density at radius 1 is 0.882 bits per heavy atom. The fraction of sp³-hybridized carbons (Fsp3) is 0.222. The van der Waals surface area contributed by atoms with Gasteiger partial charge in [-0.25, -0.2) is 0 Å². The second-order valence-corrected chi connectivity index (χ2v) is 9.21. The van der Waals surface area contributed by atoms with Crippen molar-refractivity contribution in [3.05, 3.63) is 93.1 Å². The second-order valence-electron chi connectivity index (χ2n) is 8.43. The number of para-hydroxylation sites is 2. The van der Waals surface area contributed by atoms with Gasteiger partial charge in [-0.2, -0.15) is 0 Å². The summed E-state index contributed by atoms with van der Waals surface area (Å²) in [5, 5.41) is 7.99. The number of hydrogen-bond acceptors (Lipinski definition) is 5. The number of anilines is 2. The number of rotatable bonds is 4.